The third-order valence-electron chi connectivity index (χ3n) is 4.48. The van der Waals surface area contributed by atoms with E-state index in [0.29, 0.717) is 11.6 Å². The molecule has 0 aliphatic carbocycles. The van der Waals surface area contributed by atoms with Crippen molar-refractivity contribution in [2.24, 2.45) is 0 Å². The molecule has 1 heterocycles. The molecule has 0 aromatic carbocycles. The Hall–Kier alpha value is -0.120. The summed E-state index contributed by atoms with van der Waals surface area (Å²) in [5.74, 6) is 0. The number of nitrogens with one attached hydrogen (secondary N) is 1. The third-order valence-corrected chi connectivity index (χ3v) is 4.48. The second kappa shape index (κ2) is 7.34. The molecule has 1 rings (SSSR count). The van der Waals surface area contributed by atoms with Crippen LogP contribution in [0.5, 0.6) is 0 Å². The first-order chi connectivity index (χ1) is 8.19. The van der Waals surface area contributed by atoms with Gasteiger partial charge in [-0.05, 0) is 59.2 Å². The first kappa shape index (κ1) is 14.9. The van der Waals surface area contributed by atoms with Crippen molar-refractivity contribution in [3.8, 4) is 0 Å². The largest absolute Gasteiger partial charge is 0.385 e. The summed E-state index contributed by atoms with van der Waals surface area (Å²) in [6.45, 7) is 8.16. The Balaban J connectivity index is 2.59. The number of likely N-dealkylation sites (tertiary alicyclic amines) is 1. The molecule has 1 aliphatic heterocycles. The van der Waals surface area contributed by atoms with E-state index in [1.54, 1.807) is 7.11 Å². The van der Waals surface area contributed by atoms with Crippen molar-refractivity contribution in [3.05, 3.63) is 0 Å². The Morgan fingerprint density at radius 3 is 2.47 bits per heavy atom. The number of methoxy groups -OCH3 is 1. The van der Waals surface area contributed by atoms with Crippen molar-refractivity contribution in [1.82, 2.24) is 10.2 Å². The van der Waals surface area contributed by atoms with Gasteiger partial charge in [0, 0.05) is 25.3 Å². The molecule has 0 bridgehead atoms. The monoisotopic (exact) mass is 242 g/mol. The summed E-state index contributed by atoms with van der Waals surface area (Å²) in [5, 5.41) is 3.53. The molecule has 0 radical (unpaired) electrons. The van der Waals surface area contributed by atoms with Crippen LogP contribution in [-0.4, -0.2) is 50.3 Å². The number of rotatable bonds is 8. The molecule has 2 atom stereocenters. The fraction of sp³-hybridized carbons (Fsp3) is 1.00. The summed E-state index contributed by atoms with van der Waals surface area (Å²) in [4.78, 5) is 2.68. The highest BCUT2D eigenvalue weighted by molar-refractivity contribution is 4.97. The van der Waals surface area contributed by atoms with E-state index in [1.807, 2.05) is 0 Å². The van der Waals surface area contributed by atoms with Crippen LogP contribution in [0.4, 0.5) is 0 Å². The van der Waals surface area contributed by atoms with E-state index < -0.39 is 0 Å². The van der Waals surface area contributed by atoms with E-state index in [9.17, 15) is 0 Å². The minimum atomic E-state index is 0.305. The molecular formula is C14H30N2O. The lowest BCUT2D eigenvalue weighted by Gasteiger charge is -2.44. The highest BCUT2D eigenvalue weighted by Crippen LogP contribution is 2.29. The molecule has 0 spiro atoms. The van der Waals surface area contributed by atoms with Crippen molar-refractivity contribution in [3.63, 3.8) is 0 Å². The molecule has 2 unspecified atom stereocenters. The van der Waals surface area contributed by atoms with Crippen molar-refractivity contribution in [2.45, 2.75) is 57.5 Å². The van der Waals surface area contributed by atoms with Crippen LogP contribution in [0.2, 0.25) is 0 Å². The molecule has 102 valence electrons. The fourth-order valence-corrected chi connectivity index (χ4v) is 3.12. The standard InChI is InChI=1S/C14H30N2O/c1-5-14(2,16-10-6-7-11-16)13(15-3)9-8-12-17-4/h13,15H,5-12H2,1-4H3. The number of hydrogen-bond acceptors (Lipinski definition) is 3. The van der Waals surface area contributed by atoms with Crippen LogP contribution in [-0.2, 0) is 4.74 Å². The molecule has 1 N–H and O–H groups in total. The Labute approximate surface area is 107 Å². The van der Waals surface area contributed by atoms with Crippen LogP contribution < -0.4 is 5.32 Å². The first-order valence-corrected chi connectivity index (χ1v) is 7.10. The fourth-order valence-electron chi connectivity index (χ4n) is 3.12. The van der Waals surface area contributed by atoms with E-state index in [0.717, 1.165) is 13.0 Å². The van der Waals surface area contributed by atoms with Gasteiger partial charge in [-0.2, -0.15) is 0 Å². The van der Waals surface area contributed by atoms with Gasteiger partial charge in [-0.15, -0.1) is 0 Å². The van der Waals surface area contributed by atoms with Gasteiger partial charge in [-0.1, -0.05) is 6.92 Å². The lowest BCUT2D eigenvalue weighted by atomic mass is 9.85. The summed E-state index contributed by atoms with van der Waals surface area (Å²) in [7, 11) is 3.88. The summed E-state index contributed by atoms with van der Waals surface area (Å²) < 4.78 is 5.17. The molecule has 0 aromatic heterocycles. The summed E-state index contributed by atoms with van der Waals surface area (Å²) >= 11 is 0. The zero-order chi connectivity index (χ0) is 12.7. The van der Waals surface area contributed by atoms with E-state index in [4.69, 9.17) is 4.74 Å². The van der Waals surface area contributed by atoms with Crippen molar-refractivity contribution in [2.75, 3.05) is 33.9 Å². The Kier molecular flexibility index (Phi) is 6.45. The molecular weight excluding hydrogens is 212 g/mol. The van der Waals surface area contributed by atoms with E-state index >= 15 is 0 Å². The van der Waals surface area contributed by atoms with E-state index in [1.165, 1.54) is 38.8 Å². The molecule has 1 fully saturated rings. The Bertz CT molecular complexity index is 204. The van der Waals surface area contributed by atoms with Crippen LogP contribution in [0.15, 0.2) is 0 Å². The van der Waals surface area contributed by atoms with E-state index in [-0.39, 0.29) is 0 Å². The number of nitrogens with zero attached hydrogens (tertiary/aromatic N) is 1. The molecule has 0 amide bonds. The second-order valence-corrected chi connectivity index (χ2v) is 5.38. The SMILES string of the molecule is CCC(C)(C(CCCOC)NC)N1CCCC1. The molecule has 3 nitrogen and oxygen atoms in total. The van der Waals surface area contributed by atoms with Gasteiger partial charge in [0.05, 0.1) is 0 Å². The maximum atomic E-state index is 5.17. The van der Waals surface area contributed by atoms with Gasteiger partial charge in [0.2, 0.25) is 0 Å². The van der Waals surface area contributed by atoms with E-state index in [2.05, 4.69) is 31.1 Å². The zero-order valence-electron chi connectivity index (χ0n) is 12.1. The van der Waals surface area contributed by atoms with Crippen molar-refractivity contribution >= 4 is 0 Å². The Morgan fingerprint density at radius 1 is 1.35 bits per heavy atom. The molecule has 0 aromatic rings. The van der Waals surface area contributed by atoms with Crippen LogP contribution in [0.25, 0.3) is 0 Å². The maximum absolute atomic E-state index is 5.17. The summed E-state index contributed by atoms with van der Waals surface area (Å²) in [5.41, 5.74) is 0.305. The summed E-state index contributed by atoms with van der Waals surface area (Å²) in [6, 6.07) is 0.570. The van der Waals surface area contributed by atoms with Gasteiger partial charge in [0.25, 0.3) is 0 Å². The van der Waals surface area contributed by atoms with Crippen LogP contribution in [0.3, 0.4) is 0 Å². The number of ether oxygens (including phenoxy) is 1. The van der Waals surface area contributed by atoms with Gasteiger partial charge < -0.3 is 10.1 Å². The normalized spacial score (nSPS) is 22.6. The van der Waals surface area contributed by atoms with Gasteiger partial charge in [-0.3, -0.25) is 4.90 Å². The highest BCUT2D eigenvalue weighted by Gasteiger charge is 2.38. The molecule has 17 heavy (non-hydrogen) atoms. The lowest BCUT2D eigenvalue weighted by Crippen LogP contribution is -2.57. The number of hydrogen-bond donors (Lipinski definition) is 1. The Morgan fingerprint density at radius 2 is 2.00 bits per heavy atom. The molecule has 3 heteroatoms. The predicted molar refractivity (Wildman–Crippen MR) is 73.5 cm³/mol. The highest BCUT2D eigenvalue weighted by atomic mass is 16.5. The topological polar surface area (TPSA) is 24.5 Å². The van der Waals surface area contributed by atoms with Gasteiger partial charge in [0.1, 0.15) is 0 Å². The molecule has 1 saturated heterocycles. The zero-order valence-corrected chi connectivity index (χ0v) is 12.1. The van der Waals surface area contributed by atoms with Gasteiger partial charge >= 0.3 is 0 Å². The summed E-state index contributed by atoms with van der Waals surface area (Å²) in [6.07, 6.45) is 6.29. The van der Waals surface area contributed by atoms with Crippen LogP contribution in [0, 0.1) is 0 Å². The average Bonchev–Trinajstić information content (AvgIpc) is 2.88. The van der Waals surface area contributed by atoms with Gasteiger partial charge in [0.15, 0.2) is 0 Å². The van der Waals surface area contributed by atoms with Crippen molar-refractivity contribution < 1.29 is 4.74 Å². The predicted octanol–water partition coefficient (Wildman–Crippen LogP) is 2.27. The maximum Gasteiger partial charge on any atom is 0.0462 e. The average molecular weight is 242 g/mol. The van der Waals surface area contributed by atoms with Gasteiger partial charge in [-0.25, -0.2) is 0 Å². The van der Waals surface area contributed by atoms with Crippen molar-refractivity contribution in [1.29, 1.82) is 0 Å². The van der Waals surface area contributed by atoms with Crippen LogP contribution >= 0.6 is 0 Å². The minimum Gasteiger partial charge on any atom is -0.385 e. The number of likely N-dealkylation sites (N-methyl/N-ethyl adjacent to an activating group) is 1. The smallest absolute Gasteiger partial charge is 0.0462 e. The third kappa shape index (κ3) is 3.67. The second-order valence-electron chi connectivity index (χ2n) is 5.38. The quantitative estimate of drug-likeness (QED) is 0.661. The minimum absolute atomic E-state index is 0.305. The lowest BCUT2D eigenvalue weighted by molar-refractivity contribution is 0.0780. The first-order valence-electron chi connectivity index (χ1n) is 7.10. The molecule has 1 aliphatic rings. The molecule has 0 saturated carbocycles. The van der Waals surface area contributed by atoms with Crippen LogP contribution in [0.1, 0.15) is 46.0 Å².